The molecule has 0 unspecified atom stereocenters. The van der Waals surface area contributed by atoms with E-state index in [-0.39, 0.29) is 18.2 Å². The van der Waals surface area contributed by atoms with Gasteiger partial charge in [-0.1, -0.05) is 29.8 Å². The van der Waals surface area contributed by atoms with Gasteiger partial charge in [-0.05, 0) is 48.7 Å². The van der Waals surface area contributed by atoms with Crippen molar-refractivity contribution in [3.05, 3.63) is 58.6 Å². The van der Waals surface area contributed by atoms with Crippen LogP contribution < -0.4 is 14.8 Å². The number of hydrogen-bond acceptors (Lipinski definition) is 4. The number of aryl methyl sites for hydroxylation is 1. The number of amides is 2. The van der Waals surface area contributed by atoms with Gasteiger partial charge in [0.05, 0.1) is 14.2 Å². The molecular weight excluding hydrogens is 392 g/mol. The summed E-state index contributed by atoms with van der Waals surface area (Å²) in [6, 6.07) is 12.3. The Morgan fingerprint density at radius 3 is 2.41 bits per heavy atom. The zero-order chi connectivity index (χ0) is 21.4. The van der Waals surface area contributed by atoms with E-state index in [2.05, 4.69) is 5.32 Å². The largest absolute Gasteiger partial charge is 0.493 e. The molecule has 0 fully saturated rings. The number of carbonyl (C=O) groups excluding carboxylic acids is 2. The number of methoxy groups -OCH3 is 2. The first kappa shape index (κ1) is 22.6. The molecule has 1 atom stereocenters. The monoisotopic (exact) mass is 418 g/mol. The summed E-state index contributed by atoms with van der Waals surface area (Å²) in [5, 5.41) is 3.20. The molecule has 0 aromatic heterocycles. The number of ether oxygens (including phenoxy) is 2. The molecule has 2 rings (SSSR count). The predicted molar refractivity (Wildman–Crippen MR) is 113 cm³/mol. The molecule has 0 saturated carbocycles. The van der Waals surface area contributed by atoms with Gasteiger partial charge in [-0.15, -0.1) is 0 Å². The van der Waals surface area contributed by atoms with Crippen LogP contribution in [0.1, 0.15) is 24.5 Å². The second-order valence-corrected chi connectivity index (χ2v) is 7.07. The lowest BCUT2D eigenvalue weighted by atomic mass is 10.1. The first-order valence-corrected chi connectivity index (χ1v) is 9.73. The summed E-state index contributed by atoms with van der Waals surface area (Å²) < 4.78 is 10.6. The molecule has 156 valence electrons. The number of hydrogen-bond donors (Lipinski definition) is 1. The van der Waals surface area contributed by atoms with Crippen molar-refractivity contribution in [1.29, 1.82) is 0 Å². The number of halogens is 1. The maximum Gasteiger partial charge on any atom is 0.242 e. The zero-order valence-corrected chi connectivity index (χ0v) is 18.0. The predicted octanol–water partition coefficient (Wildman–Crippen LogP) is 3.45. The van der Waals surface area contributed by atoms with Crippen molar-refractivity contribution < 1.29 is 19.1 Å². The molecule has 1 N–H and O–H groups in total. The molecule has 29 heavy (non-hydrogen) atoms. The summed E-state index contributed by atoms with van der Waals surface area (Å²) in [4.78, 5) is 26.8. The second kappa shape index (κ2) is 10.7. The molecule has 2 aromatic carbocycles. The third kappa shape index (κ3) is 6.12. The summed E-state index contributed by atoms with van der Waals surface area (Å²) in [6.07, 6.45) is 0.781. The normalized spacial score (nSPS) is 11.5. The number of carbonyl (C=O) groups is 2. The molecule has 0 aliphatic carbocycles. The van der Waals surface area contributed by atoms with Crippen LogP contribution in [0.5, 0.6) is 11.5 Å². The molecule has 0 radical (unpaired) electrons. The molecule has 0 saturated heterocycles. The minimum absolute atomic E-state index is 0.115. The van der Waals surface area contributed by atoms with E-state index in [1.807, 2.05) is 30.3 Å². The highest BCUT2D eigenvalue weighted by Crippen LogP contribution is 2.28. The Hall–Kier alpha value is -2.73. The SMILES string of the molecule is CNC(=O)[C@H](C)N(Cc1cccc(Cl)c1)C(=O)CCc1ccc(OC)c(OC)c1. The van der Waals surface area contributed by atoms with Crippen molar-refractivity contribution in [3.63, 3.8) is 0 Å². The summed E-state index contributed by atoms with van der Waals surface area (Å²) >= 11 is 6.07. The fourth-order valence-electron chi connectivity index (χ4n) is 3.05. The Morgan fingerprint density at radius 1 is 1.07 bits per heavy atom. The quantitative estimate of drug-likeness (QED) is 0.677. The van der Waals surface area contributed by atoms with Gasteiger partial charge in [0.1, 0.15) is 6.04 Å². The Balaban J connectivity index is 2.15. The van der Waals surface area contributed by atoms with Crippen LogP contribution in [0.4, 0.5) is 0 Å². The van der Waals surface area contributed by atoms with Crippen molar-refractivity contribution in [2.45, 2.75) is 32.4 Å². The first-order chi connectivity index (χ1) is 13.9. The number of benzene rings is 2. The molecule has 7 heteroatoms. The minimum Gasteiger partial charge on any atom is -0.493 e. The molecule has 0 bridgehead atoms. The highest BCUT2D eigenvalue weighted by molar-refractivity contribution is 6.30. The van der Waals surface area contributed by atoms with E-state index < -0.39 is 6.04 Å². The van der Waals surface area contributed by atoms with Crippen molar-refractivity contribution in [2.75, 3.05) is 21.3 Å². The Bertz CT molecular complexity index is 856. The molecule has 2 amide bonds. The lowest BCUT2D eigenvalue weighted by Gasteiger charge is -2.28. The Kier molecular flexibility index (Phi) is 8.34. The second-order valence-electron chi connectivity index (χ2n) is 6.63. The van der Waals surface area contributed by atoms with Crippen LogP contribution in [0, 0.1) is 0 Å². The van der Waals surface area contributed by atoms with Crippen molar-refractivity contribution >= 4 is 23.4 Å². The van der Waals surface area contributed by atoms with Crippen LogP contribution in [0.2, 0.25) is 5.02 Å². The van der Waals surface area contributed by atoms with Crippen LogP contribution in [-0.4, -0.2) is 44.0 Å². The lowest BCUT2D eigenvalue weighted by molar-refractivity contribution is -0.140. The van der Waals surface area contributed by atoms with Gasteiger partial charge < -0.3 is 19.7 Å². The van der Waals surface area contributed by atoms with E-state index >= 15 is 0 Å². The molecule has 6 nitrogen and oxygen atoms in total. The Labute approximate surface area is 176 Å². The Morgan fingerprint density at radius 2 is 1.79 bits per heavy atom. The highest BCUT2D eigenvalue weighted by atomic mass is 35.5. The average molecular weight is 419 g/mol. The maximum atomic E-state index is 13.0. The van der Waals surface area contributed by atoms with Gasteiger partial charge in [-0.25, -0.2) is 0 Å². The van der Waals surface area contributed by atoms with Crippen molar-refractivity contribution in [1.82, 2.24) is 10.2 Å². The molecule has 0 aliphatic heterocycles. The van der Waals surface area contributed by atoms with Gasteiger partial charge in [0.2, 0.25) is 11.8 Å². The van der Waals surface area contributed by atoms with Crippen LogP contribution in [0.15, 0.2) is 42.5 Å². The van der Waals surface area contributed by atoms with Crippen LogP contribution >= 0.6 is 11.6 Å². The molecular formula is C22H27ClN2O4. The summed E-state index contributed by atoms with van der Waals surface area (Å²) in [6.45, 7) is 2.03. The number of rotatable bonds is 9. The summed E-state index contributed by atoms with van der Waals surface area (Å²) in [5.41, 5.74) is 1.82. The molecule has 2 aromatic rings. The standard InChI is InChI=1S/C22H27ClN2O4/c1-15(22(27)24-2)25(14-17-6-5-7-18(23)12-17)21(26)11-9-16-8-10-19(28-3)20(13-16)29-4/h5-8,10,12-13,15H,9,11,14H2,1-4H3,(H,24,27)/t15-/m0/s1. The van der Waals surface area contributed by atoms with Crippen LogP contribution in [0.3, 0.4) is 0 Å². The maximum absolute atomic E-state index is 13.0. The third-order valence-corrected chi connectivity index (χ3v) is 4.97. The van der Waals surface area contributed by atoms with Crippen molar-refractivity contribution in [2.24, 2.45) is 0 Å². The number of likely N-dealkylation sites (N-methyl/N-ethyl adjacent to an activating group) is 1. The molecule has 0 spiro atoms. The van der Waals surface area contributed by atoms with Gasteiger partial charge in [0, 0.05) is 25.0 Å². The summed E-state index contributed by atoms with van der Waals surface area (Å²) in [5.74, 6) is 0.924. The lowest BCUT2D eigenvalue weighted by Crippen LogP contribution is -2.46. The van der Waals surface area contributed by atoms with E-state index in [4.69, 9.17) is 21.1 Å². The molecule has 0 aliphatic rings. The van der Waals surface area contributed by atoms with Gasteiger partial charge in [0.25, 0.3) is 0 Å². The van der Waals surface area contributed by atoms with E-state index in [9.17, 15) is 9.59 Å². The van der Waals surface area contributed by atoms with E-state index in [1.165, 1.54) is 0 Å². The highest BCUT2D eigenvalue weighted by Gasteiger charge is 2.25. The van der Waals surface area contributed by atoms with Gasteiger partial charge in [-0.2, -0.15) is 0 Å². The summed E-state index contributed by atoms with van der Waals surface area (Å²) in [7, 11) is 4.71. The fourth-order valence-corrected chi connectivity index (χ4v) is 3.27. The number of nitrogens with zero attached hydrogens (tertiary/aromatic N) is 1. The van der Waals surface area contributed by atoms with Crippen LogP contribution in [-0.2, 0) is 22.6 Å². The topological polar surface area (TPSA) is 67.9 Å². The van der Waals surface area contributed by atoms with Gasteiger partial charge >= 0.3 is 0 Å². The van der Waals surface area contributed by atoms with Gasteiger partial charge in [-0.3, -0.25) is 9.59 Å². The van der Waals surface area contributed by atoms with E-state index in [0.717, 1.165) is 11.1 Å². The smallest absolute Gasteiger partial charge is 0.242 e. The van der Waals surface area contributed by atoms with Crippen LogP contribution in [0.25, 0.3) is 0 Å². The first-order valence-electron chi connectivity index (χ1n) is 9.36. The van der Waals surface area contributed by atoms with E-state index in [0.29, 0.717) is 29.5 Å². The zero-order valence-electron chi connectivity index (χ0n) is 17.2. The average Bonchev–Trinajstić information content (AvgIpc) is 2.74. The van der Waals surface area contributed by atoms with E-state index in [1.54, 1.807) is 45.2 Å². The number of nitrogens with one attached hydrogen (secondary N) is 1. The van der Waals surface area contributed by atoms with Crippen molar-refractivity contribution in [3.8, 4) is 11.5 Å². The third-order valence-electron chi connectivity index (χ3n) is 4.73. The molecule has 0 heterocycles. The van der Waals surface area contributed by atoms with Gasteiger partial charge in [0.15, 0.2) is 11.5 Å². The minimum atomic E-state index is -0.600. The fraction of sp³-hybridized carbons (Fsp3) is 0.364.